The third-order valence-corrected chi connectivity index (χ3v) is 3.67. The summed E-state index contributed by atoms with van der Waals surface area (Å²) in [6.45, 7) is 7.21. The van der Waals surface area contributed by atoms with Gasteiger partial charge in [0.05, 0.1) is 12.0 Å². The molecule has 1 amide bonds. The number of rotatable bonds is 4. The molecule has 4 heteroatoms. The molecule has 0 aromatic carbocycles. The van der Waals surface area contributed by atoms with Crippen LogP contribution in [0, 0.1) is 5.92 Å². The summed E-state index contributed by atoms with van der Waals surface area (Å²) in [5, 5.41) is 0. The predicted molar refractivity (Wildman–Crippen MR) is 64.0 cm³/mol. The van der Waals surface area contributed by atoms with Crippen molar-refractivity contribution < 1.29 is 9.53 Å². The van der Waals surface area contributed by atoms with Crippen LogP contribution in [-0.4, -0.2) is 42.6 Å². The first kappa shape index (κ1) is 13.5. The van der Waals surface area contributed by atoms with Crippen LogP contribution in [0.2, 0.25) is 0 Å². The third-order valence-electron chi connectivity index (χ3n) is 3.67. The van der Waals surface area contributed by atoms with Gasteiger partial charge in [-0.2, -0.15) is 0 Å². The highest BCUT2D eigenvalue weighted by Gasteiger charge is 2.38. The van der Waals surface area contributed by atoms with Crippen LogP contribution in [0.4, 0.5) is 0 Å². The third kappa shape index (κ3) is 2.55. The summed E-state index contributed by atoms with van der Waals surface area (Å²) in [7, 11) is 1.83. The van der Waals surface area contributed by atoms with Crippen LogP contribution in [-0.2, 0) is 9.53 Å². The predicted octanol–water partition coefficient (Wildman–Crippen LogP) is 0.997. The Labute approximate surface area is 98.1 Å². The lowest BCUT2D eigenvalue weighted by Crippen LogP contribution is -2.52. The molecule has 1 heterocycles. The molecule has 2 unspecified atom stereocenters. The normalized spacial score (nSPS) is 25.8. The molecule has 1 aliphatic heterocycles. The van der Waals surface area contributed by atoms with Crippen molar-refractivity contribution in [2.24, 2.45) is 11.7 Å². The summed E-state index contributed by atoms with van der Waals surface area (Å²) in [6.07, 6.45) is 1.82. The lowest BCUT2D eigenvalue weighted by Gasteiger charge is -2.36. The van der Waals surface area contributed by atoms with E-state index in [4.69, 9.17) is 10.5 Å². The Morgan fingerprint density at radius 2 is 2.19 bits per heavy atom. The number of ether oxygens (including phenoxy) is 1. The second-order valence-corrected chi connectivity index (χ2v) is 5.13. The van der Waals surface area contributed by atoms with Crippen LogP contribution < -0.4 is 5.73 Å². The van der Waals surface area contributed by atoms with E-state index < -0.39 is 0 Å². The molecule has 1 rings (SSSR count). The Bertz CT molecular complexity index is 249. The number of hydrogen-bond acceptors (Lipinski definition) is 3. The molecule has 0 spiro atoms. The lowest BCUT2D eigenvalue weighted by molar-refractivity contribution is -0.140. The number of nitrogens with zero attached hydrogens (tertiary/aromatic N) is 1. The fourth-order valence-corrected chi connectivity index (χ4v) is 2.02. The molecule has 1 fully saturated rings. The Hall–Kier alpha value is -0.610. The summed E-state index contributed by atoms with van der Waals surface area (Å²) in [5.41, 5.74) is 5.41. The van der Waals surface area contributed by atoms with Crippen molar-refractivity contribution in [2.75, 3.05) is 20.2 Å². The molecule has 2 N–H and O–H groups in total. The van der Waals surface area contributed by atoms with Gasteiger partial charge >= 0.3 is 0 Å². The highest BCUT2D eigenvalue weighted by Crippen LogP contribution is 2.27. The maximum absolute atomic E-state index is 12.3. The Morgan fingerprint density at radius 1 is 1.56 bits per heavy atom. The average molecular weight is 228 g/mol. The van der Waals surface area contributed by atoms with Crippen LogP contribution in [0.3, 0.4) is 0 Å². The minimum absolute atomic E-state index is 0.0147. The van der Waals surface area contributed by atoms with Gasteiger partial charge in [0.15, 0.2) is 0 Å². The molecule has 4 nitrogen and oxygen atoms in total. The fraction of sp³-hybridized carbons (Fsp3) is 0.917. The molecule has 94 valence electrons. The molecule has 2 atom stereocenters. The van der Waals surface area contributed by atoms with Gasteiger partial charge in [-0.25, -0.2) is 0 Å². The zero-order valence-corrected chi connectivity index (χ0v) is 10.8. The van der Waals surface area contributed by atoms with E-state index in [-0.39, 0.29) is 23.5 Å². The minimum atomic E-state index is -0.280. The highest BCUT2D eigenvalue weighted by atomic mass is 16.5. The average Bonchev–Trinajstić information content (AvgIpc) is 2.74. The summed E-state index contributed by atoms with van der Waals surface area (Å²) in [5.74, 6) is 0.181. The first-order valence-electron chi connectivity index (χ1n) is 6.03. The van der Waals surface area contributed by atoms with Crippen molar-refractivity contribution in [1.82, 2.24) is 4.90 Å². The van der Waals surface area contributed by atoms with Crippen LogP contribution in [0.15, 0.2) is 0 Å². The maximum Gasteiger partial charge on any atom is 0.228 e. The second kappa shape index (κ2) is 5.15. The smallest absolute Gasteiger partial charge is 0.228 e. The van der Waals surface area contributed by atoms with Crippen molar-refractivity contribution in [2.45, 2.75) is 45.3 Å². The molecule has 1 saturated heterocycles. The molecular weight excluding hydrogens is 204 g/mol. The SMILES string of the molecule is CCC1OCCC1C(=O)N(C)C(C)(C)CN. The van der Waals surface area contributed by atoms with Gasteiger partial charge in [-0.15, -0.1) is 0 Å². The number of likely N-dealkylation sites (N-methyl/N-ethyl adjacent to an activating group) is 1. The number of hydrogen-bond donors (Lipinski definition) is 1. The van der Waals surface area contributed by atoms with Crippen molar-refractivity contribution in [3.8, 4) is 0 Å². The highest BCUT2D eigenvalue weighted by molar-refractivity contribution is 5.80. The van der Waals surface area contributed by atoms with Crippen molar-refractivity contribution in [1.29, 1.82) is 0 Å². The van der Waals surface area contributed by atoms with Gasteiger partial charge in [-0.3, -0.25) is 4.79 Å². The van der Waals surface area contributed by atoms with E-state index in [2.05, 4.69) is 6.92 Å². The van der Waals surface area contributed by atoms with Crippen LogP contribution in [0.5, 0.6) is 0 Å². The monoisotopic (exact) mass is 228 g/mol. The molecule has 1 aliphatic rings. The van der Waals surface area contributed by atoms with Gasteiger partial charge < -0.3 is 15.4 Å². The van der Waals surface area contributed by atoms with Gasteiger partial charge in [0.25, 0.3) is 0 Å². The Kier molecular flexibility index (Phi) is 4.33. The van der Waals surface area contributed by atoms with Crippen LogP contribution in [0.25, 0.3) is 0 Å². The molecule has 0 saturated carbocycles. The second-order valence-electron chi connectivity index (χ2n) is 5.13. The zero-order valence-electron chi connectivity index (χ0n) is 10.8. The van der Waals surface area contributed by atoms with E-state index >= 15 is 0 Å². The molecule has 0 aromatic heterocycles. The fourth-order valence-electron chi connectivity index (χ4n) is 2.02. The van der Waals surface area contributed by atoms with E-state index in [1.807, 2.05) is 20.9 Å². The molecule has 16 heavy (non-hydrogen) atoms. The molecule has 0 aliphatic carbocycles. The number of carbonyl (C=O) groups excluding carboxylic acids is 1. The standard InChI is InChI=1S/C12H24N2O2/c1-5-10-9(6-7-16-10)11(15)14(4)12(2,3)8-13/h9-10H,5-8,13H2,1-4H3. The van der Waals surface area contributed by atoms with Gasteiger partial charge in [-0.05, 0) is 26.7 Å². The van der Waals surface area contributed by atoms with E-state index in [9.17, 15) is 4.79 Å². The van der Waals surface area contributed by atoms with Crippen molar-refractivity contribution in [3.05, 3.63) is 0 Å². The summed E-state index contributed by atoms with van der Waals surface area (Å²) in [4.78, 5) is 14.1. The number of carbonyl (C=O) groups is 1. The van der Waals surface area contributed by atoms with E-state index in [0.29, 0.717) is 13.2 Å². The zero-order chi connectivity index (χ0) is 12.3. The number of nitrogens with two attached hydrogens (primary N) is 1. The van der Waals surface area contributed by atoms with Crippen molar-refractivity contribution in [3.63, 3.8) is 0 Å². The van der Waals surface area contributed by atoms with Gasteiger partial charge in [0.2, 0.25) is 5.91 Å². The molecule has 0 radical (unpaired) electrons. The van der Waals surface area contributed by atoms with E-state index in [1.165, 1.54) is 0 Å². The molecule has 0 aromatic rings. The van der Waals surface area contributed by atoms with Gasteiger partial charge in [0, 0.05) is 25.7 Å². The maximum atomic E-state index is 12.3. The van der Waals surface area contributed by atoms with Crippen molar-refractivity contribution >= 4 is 5.91 Å². The quantitative estimate of drug-likeness (QED) is 0.781. The first-order valence-corrected chi connectivity index (χ1v) is 6.03. The van der Waals surface area contributed by atoms with Gasteiger partial charge in [0.1, 0.15) is 0 Å². The number of amides is 1. The first-order chi connectivity index (χ1) is 7.44. The minimum Gasteiger partial charge on any atom is -0.377 e. The van der Waals surface area contributed by atoms with E-state index in [1.54, 1.807) is 4.90 Å². The Balaban J connectivity index is 2.70. The van der Waals surface area contributed by atoms with Crippen LogP contribution >= 0.6 is 0 Å². The topological polar surface area (TPSA) is 55.6 Å². The van der Waals surface area contributed by atoms with Crippen LogP contribution in [0.1, 0.15) is 33.6 Å². The largest absolute Gasteiger partial charge is 0.377 e. The molecule has 0 bridgehead atoms. The van der Waals surface area contributed by atoms with Gasteiger partial charge in [-0.1, -0.05) is 6.92 Å². The summed E-state index contributed by atoms with van der Waals surface area (Å²) < 4.78 is 5.55. The molecular formula is C12H24N2O2. The summed E-state index contributed by atoms with van der Waals surface area (Å²) in [6, 6.07) is 0. The Morgan fingerprint density at radius 3 is 2.69 bits per heavy atom. The van der Waals surface area contributed by atoms with E-state index in [0.717, 1.165) is 12.8 Å². The summed E-state index contributed by atoms with van der Waals surface area (Å²) >= 11 is 0. The lowest BCUT2D eigenvalue weighted by atomic mass is 9.95.